The van der Waals surface area contributed by atoms with E-state index >= 15 is 0 Å². The molecule has 1 aliphatic heterocycles. The third kappa shape index (κ3) is 2.61. The number of aliphatic hydroxyl groups excluding tert-OH is 2. The number of aromatic amines is 1. The molecule has 0 aromatic carbocycles. The summed E-state index contributed by atoms with van der Waals surface area (Å²) < 4.78 is 19.0. The van der Waals surface area contributed by atoms with Crippen LogP contribution in [0.5, 0.6) is 0 Å². The Morgan fingerprint density at radius 1 is 1.56 bits per heavy atom. The van der Waals surface area contributed by atoms with Crippen LogP contribution in [0.25, 0.3) is 0 Å². The summed E-state index contributed by atoms with van der Waals surface area (Å²) in [7, 11) is 0. The number of ether oxygens (including phenoxy) is 1. The van der Waals surface area contributed by atoms with Crippen LogP contribution in [0.2, 0.25) is 0 Å². The van der Waals surface area contributed by atoms with Crippen molar-refractivity contribution in [2.24, 2.45) is 0 Å². The lowest BCUT2D eigenvalue weighted by Crippen LogP contribution is -2.34. The summed E-state index contributed by atoms with van der Waals surface area (Å²) >= 11 is 0. The van der Waals surface area contributed by atoms with Crippen LogP contribution in [0.15, 0.2) is 15.8 Å². The molecule has 2 heterocycles. The second-order valence-electron chi connectivity index (χ2n) is 3.76. The van der Waals surface area contributed by atoms with E-state index in [9.17, 15) is 19.1 Å². The van der Waals surface area contributed by atoms with Crippen LogP contribution in [-0.4, -0.2) is 38.6 Å². The largest absolute Gasteiger partial charge is 0.394 e. The fourth-order valence-corrected chi connectivity index (χ4v) is 1.72. The van der Waals surface area contributed by atoms with E-state index in [0.29, 0.717) is 0 Å². The summed E-state index contributed by atoms with van der Waals surface area (Å²) in [5.41, 5.74) is -1.93. The Morgan fingerprint density at radius 2 is 2.22 bits per heavy atom. The van der Waals surface area contributed by atoms with E-state index in [1.54, 1.807) is 4.98 Å². The van der Waals surface area contributed by atoms with Gasteiger partial charge in [-0.25, -0.2) is 4.79 Å². The molecule has 0 unspecified atom stereocenters. The van der Waals surface area contributed by atoms with E-state index in [0.717, 1.165) is 10.8 Å². The predicted octanol–water partition coefficient (Wildman–Crippen LogP) is -1.26. The van der Waals surface area contributed by atoms with Crippen LogP contribution in [0.4, 0.5) is 4.39 Å². The first kappa shape index (κ1) is 14.8. The van der Waals surface area contributed by atoms with Crippen LogP contribution in [0.1, 0.15) is 12.6 Å². The number of nitrogens with one attached hydrogen (secondary N) is 1. The number of hydrogen-bond donors (Lipinski definition) is 3. The maximum atomic E-state index is 13.0. The molecule has 2 rings (SSSR count). The zero-order valence-electron chi connectivity index (χ0n) is 9.08. The number of halogens is 2. The second-order valence-corrected chi connectivity index (χ2v) is 3.76. The molecule has 1 aliphatic rings. The van der Waals surface area contributed by atoms with Gasteiger partial charge in [-0.3, -0.25) is 14.3 Å². The highest BCUT2D eigenvalue weighted by atomic mass is 35.5. The second kappa shape index (κ2) is 5.61. The topological polar surface area (TPSA) is 105 Å². The molecular weight excluding hydrogens is 271 g/mol. The first-order valence-corrected chi connectivity index (χ1v) is 4.98. The van der Waals surface area contributed by atoms with Gasteiger partial charge in [0.2, 0.25) is 5.82 Å². The lowest BCUT2D eigenvalue weighted by molar-refractivity contribution is -0.0462. The van der Waals surface area contributed by atoms with Crippen molar-refractivity contribution in [3.8, 4) is 0 Å². The van der Waals surface area contributed by atoms with E-state index < -0.39 is 42.1 Å². The van der Waals surface area contributed by atoms with Crippen molar-refractivity contribution in [3.05, 3.63) is 32.9 Å². The molecule has 3 N–H and O–H groups in total. The number of hydrogen-bond acceptors (Lipinski definition) is 5. The lowest BCUT2D eigenvalue weighted by Gasteiger charge is -2.13. The molecule has 0 aliphatic carbocycles. The van der Waals surface area contributed by atoms with Gasteiger partial charge in [0.05, 0.1) is 18.9 Å². The first-order valence-electron chi connectivity index (χ1n) is 4.98. The highest BCUT2D eigenvalue weighted by Gasteiger charge is 2.35. The van der Waals surface area contributed by atoms with Gasteiger partial charge in [-0.2, -0.15) is 4.39 Å². The summed E-state index contributed by atoms with van der Waals surface area (Å²) in [5, 5.41) is 18.3. The van der Waals surface area contributed by atoms with E-state index in [4.69, 9.17) is 9.84 Å². The molecule has 0 bridgehead atoms. The van der Waals surface area contributed by atoms with Crippen molar-refractivity contribution >= 4 is 12.4 Å². The highest BCUT2D eigenvalue weighted by molar-refractivity contribution is 5.85. The molecule has 0 radical (unpaired) electrons. The summed E-state index contributed by atoms with van der Waals surface area (Å²) in [6, 6.07) is 0. The van der Waals surface area contributed by atoms with Crippen molar-refractivity contribution < 1.29 is 19.3 Å². The average molecular weight is 283 g/mol. The number of nitrogens with zero attached hydrogens (tertiary/aromatic N) is 1. The minimum Gasteiger partial charge on any atom is -0.394 e. The maximum Gasteiger partial charge on any atom is 0.330 e. The molecule has 1 aromatic rings. The van der Waals surface area contributed by atoms with Crippen LogP contribution >= 0.6 is 12.4 Å². The number of H-pyrrole nitrogens is 1. The molecule has 0 spiro atoms. The predicted molar refractivity (Wildman–Crippen MR) is 60.1 cm³/mol. The van der Waals surface area contributed by atoms with Crippen molar-refractivity contribution in [1.82, 2.24) is 9.55 Å². The van der Waals surface area contributed by atoms with Crippen LogP contribution in [0, 0.1) is 5.82 Å². The normalized spacial score (nSPS) is 26.9. The molecule has 1 fully saturated rings. The Balaban J connectivity index is 0.00000162. The van der Waals surface area contributed by atoms with E-state index in [1.807, 2.05) is 0 Å². The Morgan fingerprint density at radius 3 is 2.78 bits per heavy atom. The highest BCUT2D eigenvalue weighted by Crippen LogP contribution is 2.26. The summed E-state index contributed by atoms with van der Waals surface area (Å²) in [6.07, 6.45) is -1.90. The van der Waals surface area contributed by atoms with Crippen molar-refractivity contribution in [3.63, 3.8) is 0 Å². The van der Waals surface area contributed by atoms with Crippen LogP contribution < -0.4 is 11.2 Å². The summed E-state index contributed by atoms with van der Waals surface area (Å²) in [6.45, 7) is -0.405. The monoisotopic (exact) mass is 282 g/mol. The molecule has 0 saturated carbocycles. The summed E-state index contributed by atoms with van der Waals surface area (Å²) in [4.78, 5) is 24.0. The van der Waals surface area contributed by atoms with E-state index in [1.165, 1.54) is 0 Å². The standard InChI is InChI=1S/C9H11FN2O5.ClH/c10-4-2-12(9(16)11-8(4)15)7-1-5(14)6(3-13)17-7;/h2,5-7,13-14H,1,3H2,(H,11,15,16);1H/t5-,6+,7+;/m0./s1. The molecule has 1 saturated heterocycles. The average Bonchev–Trinajstić information content (AvgIpc) is 2.65. The molecule has 7 nitrogen and oxygen atoms in total. The molecule has 18 heavy (non-hydrogen) atoms. The zero-order chi connectivity index (χ0) is 12.6. The van der Waals surface area contributed by atoms with Crippen LogP contribution in [-0.2, 0) is 4.74 Å². The lowest BCUT2D eigenvalue weighted by atomic mass is 10.2. The van der Waals surface area contributed by atoms with E-state index in [-0.39, 0.29) is 18.8 Å². The Bertz CT molecular complexity index is 530. The Kier molecular flexibility index (Phi) is 4.63. The molecule has 0 amide bonds. The number of aromatic nitrogens is 2. The molecule has 3 atom stereocenters. The molecule has 102 valence electrons. The fourth-order valence-electron chi connectivity index (χ4n) is 1.72. The minimum absolute atomic E-state index is 0. The van der Waals surface area contributed by atoms with Gasteiger partial charge in [-0.05, 0) is 0 Å². The third-order valence-corrected chi connectivity index (χ3v) is 2.62. The number of aliphatic hydroxyl groups is 2. The number of rotatable bonds is 2. The van der Waals surface area contributed by atoms with Gasteiger partial charge in [-0.15, -0.1) is 12.4 Å². The SMILES string of the molecule is Cl.O=c1[nH]c(=O)n([C@H]2C[C@H](O)[C@@H](CO)O2)cc1F. The quantitative estimate of drug-likeness (QED) is 0.628. The summed E-state index contributed by atoms with van der Waals surface area (Å²) in [5.74, 6) is -1.12. The molecule has 1 aromatic heterocycles. The van der Waals surface area contributed by atoms with Gasteiger partial charge in [0.1, 0.15) is 12.3 Å². The minimum atomic E-state index is -1.12. The Labute approximate surface area is 106 Å². The van der Waals surface area contributed by atoms with Crippen molar-refractivity contribution in [1.29, 1.82) is 0 Å². The van der Waals surface area contributed by atoms with Gasteiger partial charge >= 0.3 is 5.69 Å². The third-order valence-electron chi connectivity index (χ3n) is 2.62. The van der Waals surface area contributed by atoms with Crippen molar-refractivity contribution in [2.45, 2.75) is 24.9 Å². The van der Waals surface area contributed by atoms with Gasteiger partial charge < -0.3 is 14.9 Å². The van der Waals surface area contributed by atoms with Gasteiger partial charge in [0.25, 0.3) is 5.56 Å². The fraction of sp³-hybridized carbons (Fsp3) is 0.556. The van der Waals surface area contributed by atoms with Crippen molar-refractivity contribution in [2.75, 3.05) is 6.61 Å². The smallest absolute Gasteiger partial charge is 0.330 e. The maximum absolute atomic E-state index is 13.0. The zero-order valence-corrected chi connectivity index (χ0v) is 9.89. The Hall–Kier alpha value is -1.22. The van der Waals surface area contributed by atoms with Crippen LogP contribution in [0.3, 0.4) is 0 Å². The van der Waals surface area contributed by atoms with Gasteiger partial charge in [-0.1, -0.05) is 0 Å². The van der Waals surface area contributed by atoms with Gasteiger partial charge in [0.15, 0.2) is 0 Å². The molecular formula is C9H12ClFN2O5. The first-order chi connectivity index (χ1) is 8.02. The van der Waals surface area contributed by atoms with Gasteiger partial charge in [0, 0.05) is 6.42 Å². The van der Waals surface area contributed by atoms with E-state index in [2.05, 4.69) is 0 Å². The molecule has 9 heteroatoms.